The van der Waals surface area contributed by atoms with Crippen molar-refractivity contribution in [2.75, 3.05) is 20.2 Å². The zero-order chi connectivity index (χ0) is 16.2. The molecule has 1 aromatic carbocycles. The van der Waals surface area contributed by atoms with Gasteiger partial charge >= 0.3 is 6.03 Å². The summed E-state index contributed by atoms with van der Waals surface area (Å²) < 4.78 is 11.5. The van der Waals surface area contributed by atoms with Crippen LogP contribution in [0.1, 0.15) is 10.4 Å². The molecule has 6 heteroatoms. The van der Waals surface area contributed by atoms with Crippen LogP contribution in [0.25, 0.3) is 0 Å². The second-order valence-electron chi connectivity index (χ2n) is 5.57. The first-order valence-corrected chi connectivity index (χ1v) is 8.42. The summed E-state index contributed by atoms with van der Waals surface area (Å²) in [6.07, 6.45) is -0.175. The number of nitrogens with zero attached hydrogens (tertiary/aromatic N) is 1. The van der Waals surface area contributed by atoms with E-state index in [4.69, 9.17) is 9.47 Å². The van der Waals surface area contributed by atoms with Crippen molar-refractivity contribution in [2.45, 2.75) is 19.6 Å². The molecule has 0 fully saturated rings. The molecule has 1 N–H and O–H groups in total. The number of hydrogen-bond acceptors (Lipinski definition) is 4. The highest BCUT2D eigenvalue weighted by molar-refractivity contribution is 7.10. The van der Waals surface area contributed by atoms with Crippen molar-refractivity contribution in [3.8, 4) is 11.5 Å². The predicted molar refractivity (Wildman–Crippen MR) is 90.3 cm³/mol. The second-order valence-corrected chi connectivity index (χ2v) is 6.57. The van der Waals surface area contributed by atoms with Gasteiger partial charge in [-0.3, -0.25) is 0 Å². The van der Waals surface area contributed by atoms with Crippen LogP contribution < -0.4 is 14.8 Å². The van der Waals surface area contributed by atoms with E-state index in [9.17, 15) is 4.79 Å². The molecule has 1 aliphatic rings. The van der Waals surface area contributed by atoms with Crippen molar-refractivity contribution in [1.29, 1.82) is 0 Å². The minimum atomic E-state index is -0.175. The summed E-state index contributed by atoms with van der Waals surface area (Å²) in [5.41, 5.74) is 1.22. The summed E-state index contributed by atoms with van der Waals surface area (Å²) >= 11 is 1.67. The summed E-state index contributed by atoms with van der Waals surface area (Å²) in [5, 5.41) is 4.94. The first-order valence-electron chi connectivity index (χ1n) is 7.54. The molecule has 2 amide bonds. The molecule has 0 radical (unpaired) electrons. The number of benzene rings is 1. The fourth-order valence-corrected chi connectivity index (χ4v) is 3.31. The highest BCUT2D eigenvalue weighted by atomic mass is 32.1. The maximum absolute atomic E-state index is 12.2. The van der Waals surface area contributed by atoms with E-state index in [-0.39, 0.29) is 12.1 Å². The summed E-state index contributed by atoms with van der Waals surface area (Å²) in [5.74, 6) is 1.47. The SMILES string of the molecule is Cc1ccsc1CN(C)C(=O)NC[C@H]1COc2ccccc2O1. The van der Waals surface area contributed by atoms with Crippen LogP contribution >= 0.6 is 11.3 Å². The van der Waals surface area contributed by atoms with Crippen molar-refractivity contribution in [3.05, 3.63) is 46.2 Å². The van der Waals surface area contributed by atoms with Gasteiger partial charge in [0.15, 0.2) is 17.6 Å². The molecule has 0 saturated heterocycles. The van der Waals surface area contributed by atoms with Crippen molar-refractivity contribution in [3.63, 3.8) is 0 Å². The third-order valence-corrected chi connectivity index (χ3v) is 4.75. The first kappa shape index (κ1) is 15.7. The van der Waals surface area contributed by atoms with E-state index < -0.39 is 0 Å². The molecule has 0 aliphatic carbocycles. The third-order valence-electron chi connectivity index (χ3n) is 3.74. The Morgan fingerprint density at radius 3 is 2.87 bits per heavy atom. The smallest absolute Gasteiger partial charge is 0.317 e. The van der Waals surface area contributed by atoms with Crippen LogP contribution in [0.5, 0.6) is 11.5 Å². The van der Waals surface area contributed by atoms with E-state index >= 15 is 0 Å². The molecule has 0 unspecified atom stereocenters. The molecule has 1 aliphatic heterocycles. The van der Waals surface area contributed by atoms with Gasteiger partial charge in [0.2, 0.25) is 0 Å². The van der Waals surface area contributed by atoms with Crippen molar-refractivity contribution in [1.82, 2.24) is 10.2 Å². The topological polar surface area (TPSA) is 50.8 Å². The summed E-state index contributed by atoms with van der Waals surface area (Å²) in [7, 11) is 1.79. The summed E-state index contributed by atoms with van der Waals surface area (Å²) in [6, 6.07) is 9.51. The highest BCUT2D eigenvalue weighted by Gasteiger charge is 2.21. The van der Waals surface area contributed by atoms with E-state index in [1.807, 2.05) is 29.6 Å². The van der Waals surface area contributed by atoms with Crippen LogP contribution in [0.15, 0.2) is 35.7 Å². The van der Waals surface area contributed by atoms with Gasteiger partial charge in [0.1, 0.15) is 6.61 Å². The minimum absolute atomic E-state index is 0.111. The Hall–Kier alpha value is -2.21. The number of urea groups is 1. The number of rotatable bonds is 4. The second kappa shape index (κ2) is 6.91. The average molecular weight is 332 g/mol. The van der Waals surface area contributed by atoms with Gasteiger partial charge in [-0.15, -0.1) is 11.3 Å². The molecule has 1 atom stereocenters. The quantitative estimate of drug-likeness (QED) is 0.936. The number of carbonyl (C=O) groups is 1. The van der Waals surface area contributed by atoms with Gasteiger partial charge in [-0.2, -0.15) is 0 Å². The molecule has 1 aromatic heterocycles. The van der Waals surface area contributed by atoms with Gasteiger partial charge in [-0.25, -0.2) is 4.79 Å². The Morgan fingerprint density at radius 2 is 2.13 bits per heavy atom. The van der Waals surface area contributed by atoms with Crippen molar-refractivity contribution >= 4 is 17.4 Å². The lowest BCUT2D eigenvalue weighted by Gasteiger charge is -2.27. The molecule has 23 heavy (non-hydrogen) atoms. The Morgan fingerprint density at radius 1 is 1.35 bits per heavy atom. The number of para-hydroxylation sites is 2. The van der Waals surface area contributed by atoms with Gasteiger partial charge in [-0.1, -0.05) is 12.1 Å². The molecular formula is C17H20N2O3S. The lowest BCUT2D eigenvalue weighted by atomic mass is 10.2. The van der Waals surface area contributed by atoms with Gasteiger partial charge in [-0.05, 0) is 36.1 Å². The van der Waals surface area contributed by atoms with Gasteiger partial charge in [0.25, 0.3) is 0 Å². The number of ether oxygens (including phenoxy) is 2. The van der Waals surface area contributed by atoms with Crippen LogP contribution in [0, 0.1) is 6.92 Å². The van der Waals surface area contributed by atoms with Gasteiger partial charge in [0.05, 0.1) is 13.1 Å². The summed E-state index contributed by atoms with van der Waals surface area (Å²) in [4.78, 5) is 15.1. The van der Waals surface area contributed by atoms with E-state index in [0.717, 1.165) is 11.5 Å². The van der Waals surface area contributed by atoms with Gasteiger partial charge in [0, 0.05) is 11.9 Å². The number of hydrogen-bond donors (Lipinski definition) is 1. The maximum Gasteiger partial charge on any atom is 0.317 e. The van der Waals surface area contributed by atoms with E-state index in [2.05, 4.69) is 18.3 Å². The normalized spacial score (nSPS) is 16.0. The largest absolute Gasteiger partial charge is 0.486 e. The molecule has 2 heterocycles. The number of fused-ring (bicyclic) bond motifs is 1. The van der Waals surface area contributed by atoms with E-state index in [1.165, 1.54) is 10.4 Å². The minimum Gasteiger partial charge on any atom is -0.486 e. The molecule has 0 spiro atoms. The highest BCUT2D eigenvalue weighted by Crippen LogP contribution is 2.30. The number of amides is 2. The zero-order valence-corrected chi connectivity index (χ0v) is 14.1. The molecular weight excluding hydrogens is 312 g/mol. The van der Waals surface area contributed by atoms with Crippen molar-refractivity contribution in [2.24, 2.45) is 0 Å². The Balaban J connectivity index is 1.49. The van der Waals surface area contributed by atoms with Crippen LogP contribution in [-0.2, 0) is 6.54 Å². The van der Waals surface area contributed by atoms with E-state index in [1.54, 1.807) is 23.3 Å². The van der Waals surface area contributed by atoms with Crippen LogP contribution in [0.4, 0.5) is 4.79 Å². The zero-order valence-electron chi connectivity index (χ0n) is 13.2. The van der Waals surface area contributed by atoms with Crippen molar-refractivity contribution < 1.29 is 14.3 Å². The number of aryl methyl sites for hydroxylation is 1. The fraction of sp³-hybridized carbons (Fsp3) is 0.353. The van der Waals surface area contributed by atoms with Crippen LogP contribution in [0.2, 0.25) is 0 Å². The third kappa shape index (κ3) is 3.76. The molecule has 2 aromatic rings. The predicted octanol–water partition coefficient (Wildman–Crippen LogP) is 3.04. The van der Waals surface area contributed by atoms with E-state index in [0.29, 0.717) is 19.7 Å². The Kier molecular flexibility index (Phi) is 4.71. The van der Waals surface area contributed by atoms with Crippen LogP contribution in [0.3, 0.4) is 0 Å². The Bertz CT molecular complexity index is 686. The number of carbonyl (C=O) groups excluding carboxylic acids is 1. The van der Waals surface area contributed by atoms with Crippen LogP contribution in [-0.4, -0.2) is 37.2 Å². The molecule has 0 saturated carbocycles. The fourth-order valence-electron chi connectivity index (χ4n) is 2.35. The molecule has 5 nitrogen and oxygen atoms in total. The first-order chi connectivity index (χ1) is 11.1. The lowest BCUT2D eigenvalue weighted by molar-refractivity contribution is 0.0904. The maximum atomic E-state index is 12.2. The van der Waals surface area contributed by atoms with Gasteiger partial charge < -0.3 is 19.7 Å². The molecule has 3 rings (SSSR count). The monoisotopic (exact) mass is 332 g/mol. The lowest BCUT2D eigenvalue weighted by Crippen LogP contribution is -2.44. The molecule has 122 valence electrons. The molecule has 0 bridgehead atoms. The number of thiophene rings is 1. The summed E-state index contributed by atoms with van der Waals surface area (Å²) in [6.45, 7) is 3.52. The standard InChI is InChI=1S/C17H20N2O3S/c1-12-7-8-23-16(12)10-19(2)17(20)18-9-13-11-21-14-5-3-4-6-15(14)22-13/h3-8,13H,9-11H2,1-2H3,(H,18,20)/t13-/m0/s1. The Labute approximate surface area is 139 Å². The average Bonchev–Trinajstić information content (AvgIpc) is 2.97. The number of nitrogens with one attached hydrogen (secondary N) is 1.